The molecule has 0 amide bonds. The molecule has 5 heteroatoms. The highest BCUT2D eigenvalue weighted by Gasteiger charge is 2.48. The van der Waals surface area contributed by atoms with Crippen molar-refractivity contribution in [3.05, 3.63) is 0 Å². The molecule has 0 unspecified atom stereocenters. The highest BCUT2D eigenvalue weighted by Crippen LogP contribution is 2.43. The first-order valence-electron chi connectivity index (χ1n) is 6.09. The third-order valence-electron chi connectivity index (χ3n) is 2.65. The van der Waals surface area contributed by atoms with Gasteiger partial charge in [0.2, 0.25) is 5.92 Å². The van der Waals surface area contributed by atoms with E-state index < -0.39 is 36.8 Å². The minimum Gasteiger partial charge on any atom is -0.481 e. The molecule has 0 spiro atoms. The Morgan fingerprint density at radius 3 is 1.65 bits per heavy atom. The molecule has 17 heavy (non-hydrogen) atoms. The molecule has 104 valence electrons. The van der Waals surface area contributed by atoms with Gasteiger partial charge in [-0.15, -0.1) is 0 Å². The lowest BCUT2D eigenvalue weighted by molar-refractivity contribution is -0.158. The van der Waals surface area contributed by atoms with Crippen LogP contribution < -0.4 is 0 Å². The number of halogens is 3. The highest BCUT2D eigenvalue weighted by molar-refractivity contribution is 5.75. The minimum absolute atomic E-state index is 0.272. The lowest BCUT2D eigenvalue weighted by atomic mass is 9.74. The molecule has 0 aromatic carbocycles. The number of alkyl halides is 3. The maximum atomic E-state index is 12.6. The first kappa shape index (κ1) is 18.6. The van der Waals surface area contributed by atoms with Gasteiger partial charge in [0.25, 0.3) is 0 Å². The van der Waals surface area contributed by atoms with Gasteiger partial charge in [-0.2, -0.15) is 0 Å². The molecule has 1 saturated carbocycles. The van der Waals surface area contributed by atoms with Crippen molar-refractivity contribution in [2.75, 3.05) is 6.67 Å². The van der Waals surface area contributed by atoms with Crippen LogP contribution in [0.4, 0.5) is 13.2 Å². The van der Waals surface area contributed by atoms with Crippen molar-refractivity contribution >= 4 is 5.97 Å². The first-order valence-corrected chi connectivity index (χ1v) is 6.09. The lowest BCUT2D eigenvalue weighted by Crippen LogP contribution is -2.40. The Morgan fingerprint density at radius 2 is 1.41 bits per heavy atom. The summed E-state index contributed by atoms with van der Waals surface area (Å²) in [6.45, 7) is 6.94. The fraction of sp³-hybridized carbons (Fsp3) is 0.917. The van der Waals surface area contributed by atoms with Crippen LogP contribution >= 0.6 is 0 Å². The molecule has 0 aromatic rings. The van der Waals surface area contributed by atoms with E-state index in [1.165, 1.54) is 0 Å². The van der Waals surface area contributed by atoms with Gasteiger partial charge in [-0.05, 0) is 12.8 Å². The summed E-state index contributed by atoms with van der Waals surface area (Å²) in [6, 6.07) is 0. The molecule has 1 N–H and O–H groups in total. The van der Waals surface area contributed by atoms with E-state index in [1.807, 2.05) is 27.7 Å². The predicted octanol–water partition coefficient (Wildman–Crippen LogP) is 4.29. The third kappa shape index (κ3) is 5.41. The van der Waals surface area contributed by atoms with E-state index >= 15 is 0 Å². The Kier molecular flexibility index (Phi) is 9.16. The molecule has 0 saturated heterocycles. The Labute approximate surface area is 101 Å². The van der Waals surface area contributed by atoms with Crippen LogP contribution in [0.5, 0.6) is 0 Å². The van der Waals surface area contributed by atoms with Crippen LogP contribution in [-0.4, -0.2) is 23.7 Å². The summed E-state index contributed by atoms with van der Waals surface area (Å²) in [7, 11) is 0. The summed E-state index contributed by atoms with van der Waals surface area (Å²) in [4.78, 5) is 10.6. The molecule has 1 rings (SSSR count). The number of hydrogen-bond acceptors (Lipinski definition) is 1. The number of carbonyl (C=O) groups is 1. The van der Waals surface area contributed by atoms with Gasteiger partial charge in [0.15, 0.2) is 0 Å². The second kappa shape index (κ2) is 8.37. The second-order valence-electron chi connectivity index (χ2n) is 3.58. The third-order valence-corrected chi connectivity index (χ3v) is 2.65. The molecule has 1 aliphatic carbocycles. The normalized spacial score (nSPS) is 20.2. The fourth-order valence-corrected chi connectivity index (χ4v) is 1.50. The zero-order valence-corrected chi connectivity index (χ0v) is 11.0. The Bertz CT molecular complexity index is 208. The van der Waals surface area contributed by atoms with E-state index in [1.54, 1.807) is 0 Å². The van der Waals surface area contributed by atoms with Crippen molar-refractivity contribution in [3.8, 4) is 0 Å². The quantitative estimate of drug-likeness (QED) is 0.800. The number of carboxylic acid groups (broad SMARTS) is 1. The van der Waals surface area contributed by atoms with Crippen molar-refractivity contribution in [2.24, 2.45) is 5.41 Å². The van der Waals surface area contributed by atoms with Gasteiger partial charge in [0.1, 0.15) is 6.67 Å². The van der Waals surface area contributed by atoms with E-state index in [4.69, 9.17) is 5.11 Å². The number of aliphatic carboxylic acids is 1. The summed E-state index contributed by atoms with van der Waals surface area (Å²) in [5.74, 6) is -4.11. The van der Waals surface area contributed by atoms with E-state index in [-0.39, 0.29) is 12.8 Å². The van der Waals surface area contributed by atoms with Crippen LogP contribution in [0.2, 0.25) is 0 Å². The molecule has 1 fully saturated rings. The predicted molar refractivity (Wildman–Crippen MR) is 62.2 cm³/mol. The van der Waals surface area contributed by atoms with Crippen molar-refractivity contribution in [1.29, 1.82) is 0 Å². The maximum Gasteiger partial charge on any atom is 0.312 e. The molecule has 0 heterocycles. The monoisotopic (exact) mass is 256 g/mol. The van der Waals surface area contributed by atoms with Crippen molar-refractivity contribution < 1.29 is 23.1 Å². The van der Waals surface area contributed by atoms with Crippen LogP contribution in [0.3, 0.4) is 0 Å². The van der Waals surface area contributed by atoms with Gasteiger partial charge < -0.3 is 5.11 Å². The molecule has 0 bridgehead atoms. The van der Waals surface area contributed by atoms with Gasteiger partial charge in [-0.3, -0.25) is 4.79 Å². The maximum absolute atomic E-state index is 12.6. The topological polar surface area (TPSA) is 37.3 Å². The van der Waals surface area contributed by atoms with E-state index in [9.17, 15) is 18.0 Å². The number of hydrogen-bond donors (Lipinski definition) is 1. The molecule has 1 aliphatic rings. The number of carboxylic acids is 1. The fourth-order valence-electron chi connectivity index (χ4n) is 1.50. The summed E-state index contributed by atoms with van der Waals surface area (Å²) in [6.07, 6.45) is -1.59. The van der Waals surface area contributed by atoms with Gasteiger partial charge in [-0.1, -0.05) is 27.7 Å². The highest BCUT2D eigenvalue weighted by atomic mass is 19.3. The van der Waals surface area contributed by atoms with Crippen LogP contribution in [0.1, 0.15) is 53.4 Å². The molecule has 2 nitrogen and oxygen atoms in total. The zero-order chi connectivity index (χ0) is 14.1. The van der Waals surface area contributed by atoms with Crippen molar-refractivity contribution in [2.45, 2.75) is 59.3 Å². The average Bonchev–Trinajstić information content (AvgIpc) is 2.34. The van der Waals surface area contributed by atoms with E-state index in [0.29, 0.717) is 0 Å². The summed E-state index contributed by atoms with van der Waals surface area (Å²) in [5, 5.41) is 8.67. The SMILES string of the molecule is CC.CC.O=C(O)C1(CF)CCC(F)(F)CC1. The summed E-state index contributed by atoms with van der Waals surface area (Å²) >= 11 is 0. The van der Waals surface area contributed by atoms with Gasteiger partial charge in [0.05, 0.1) is 5.41 Å². The van der Waals surface area contributed by atoms with Crippen molar-refractivity contribution in [1.82, 2.24) is 0 Å². The molecular formula is C12H23F3O2. The van der Waals surface area contributed by atoms with Crippen LogP contribution in [0.25, 0.3) is 0 Å². The Balaban J connectivity index is 0. The van der Waals surface area contributed by atoms with E-state index in [2.05, 4.69) is 0 Å². The molecule has 0 aromatic heterocycles. The standard InChI is InChI=1S/C8H11F3O2.2C2H6/c9-5-7(6(12)13)1-3-8(10,11)4-2-7;2*1-2/h1-5H2,(H,12,13);2*1-2H3. The van der Waals surface area contributed by atoms with Gasteiger partial charge in [0, 0.05) is 12.8 Å². The van der Waals surface area contributed by atoms with Gasteiger partial charge >= 0.3 is 5.97 Å². The summed E-state index contributed by atoms with van der Waals surface area (Å²) in [5.41, 5.74) is -1.55. The molecule has 0 radical (unpaired) electrons. The lowest BCUT2D eigenvalue weighted by Gasteiger charge is -2.34. The Hall–Kier alpha value is -0.740. The minimum atomic E-state index is -2.81. The van der Waals surface area contributed by atoms with Crippen LogP contribution in [0.15, 0.2) is 0 Å². The van der Waals surface area contributed by atoms with Crippen LogP contribution in [0, 0.1) is 5.41 Å². The summed E-state index contributed by atoms with van der Waals surface area (Å²) < 4.78 is 37.7. The second-order valence-corrected chi connectivity index (χ2v) is 3.58. The number of rotatable bonds is 2. The largest absolute Gasteiger partial charge is 0.481 e. The van der Waals surface area contributed by atoms with Crippen molar-refractivity contribution in [3.63, 3.8) is 0 Å². The molecular weight excluding hydrogens is 233 g/mol. The van der Waals surface area contributed by atoms with Gasteiger partial charge in [-0.25, -0.2) is 13.2 Å². The molecule has 0 aliphatic heterocycles. The van der Waals surface area contributed by atoms with E-state index in [0.717, 1.165) is 0 Å². The average molecular weight is 256 g/mol. The zero-order valence-electron chi connectivity index (χ0n) is 11.0. The smallest absolute Gasteiger partial charge is 0.312 e. The Morgan fingerprint density at radius 1 is 1.06 bits per heavy atom. The first-order chi connectivity index (χ1) is 7.92. The molecule has 0 atom stereocenters. The van der Waals surface area contributed by atoms with Crippen LogP contribution in [-0.2, 0) is 4.79 Å².